The third kappa shape index (κ3) is 4.02. The number of thiazole rings is 1. The molecule has 1 unspecified atom stereocenters. The molecule has 2 heterocycles. The van der Waals surface area contributed by atoms with Gasteiger partial charge >= 0.3 is 0 Å². The van der Waals surface area contributed by atoms with Crippen molar-refractivity contribution in [1.82, 2.24) is 4.98 Å². The minimum atomic E-state index is -3.53. The SMILES string of the molecule is CC1CCc2nc(NC(=O)c3ccc(CS(=O)(=O)c4ccccc4)o3)sc2C1. The number of nitrogens with zero attached hydrogens (tertiary/aromatic N) is 1. The highest BCUT2D eigenvalue weighted by Gasteiger charge is 2.22. The molecular weight excluding hydrogens is 396 g/mol. The van der Waals surface area contributed by atoms with Crippen LogP contribution in [0.1, 0.15) is 40.2 Å². The number of carbonyl (C=O) groups excluding carboxylic acids is 1. The Labute approximate surface area is 167 Å². The molecule has 1 aliphatic rings. The van der Waals surface area contributed by atoms with Crippen molar-refractivity contribution in [3.63, 3.8) is 0 Å². The van der Waals surface area contributed by atoms with Crippen molar-refractivity contribution < 1.29 is 17.6 Å². The summed E-state index contributed by atoms with van der Waals surface area (Å²) in [6, 6.07) is 11.2. The van der Waals surface area contributed by atoms with Gasteiger partial charge in [-0.15, -0.1) is 11.3 Å². The summed E-state index contributed by atoms with van der Waals surface area (Å²) in [4.78, 5) is 18.4. The van der Waals surface area contributed by atoms with Crippen molar-refractivity contribution >= 4 is 32.2 Å². The Morgan fingerprint density at radius 3 is 2.82 bits per heavy atom. The number of aryl methyl sites for hydroxylation is 1. The molecule has 2 aromatic heterocycles. The van der Waals surface area contributed by atoms with E-state index in [0.717, 1.165) is 25.0 Å². The first-order chi connectivity index (χ1) is 13.4. The highest BCUT2D eigenvalue weighted by atomic mass is 32.2. The van der Waals surface area contributed by atoms with Gasteiger partial charge < -0.3 is 4.42 Å². The van der Waals surface area contributed by atoms with Crippen molar-refractivity contribution in [3.8, 4) is 0 Å². The molecule has 0 saturated heterocycles. The Morgan fingerprint density at radius 1 is 1.25 bits per heavy atom. The number of hydrogen-bond donors (Lipinski definition) is 1. The fourth-order valence-corrected chi connectivity index (χ4v) is 5.66. The molecule has 0 fully saturated rings. The Hall–Kier alpha value is -2.45. The maximum Gasteiger partial charge on any atom is 0.293 e. The minimum Gasteiger partial charge on any atom is -0.455 e. The van der Waals surface area contributed by atoms with Gasteiger partial charge in [-0.05, 0) is 49.4 Å². The van der Waals surface area contributed by atoms with Crippen LogP contribution < -0.4 is 5.32 Å². The number of nitrogens with one attached hydrogen (secondary N) is 1. The molecule has 0 bridgehead atoms. The van der Waals surface area contributed by atoms with Gasteiger partial charge in [0, 0.05) is 4.88 Å². The lowest BCUT2D eigenvalue weighted by atomic mass is 9.93. The fourth-order valence-electron chi connectivity index (χ4n) is 3.23. The summed E-state index contributed by atoms with van der Waals surface area (Å²) in [5, 5.41) is 3.32. The molecule has 8 heteroatoms. The number of amides is 1. The normalized spacial score (nSPS) is 16.5. The van der Waals surface area contributed by atoms with E-state index in [4.69, 9.17) is 4.42 Å². The molecule has 1 atom stereocenters. The van der Waals surface area contributed by atoms with Gasteiger partial charge in [0.1, 0.15) is 11.5 Å². The Balaban J connectivity index is 1.45. The van der Waals surface area contributed by atoms with Crippen LogP contribution in [0.2, 0.25) is 0 Å². The summed E-state index contributed by atoms with van der Waals surface area (Å²) < 4.78 is 30.4. The summed E-state index contributed by atoms with van der Waals surface area (Å²) in [6.45, 7) is 2.22. The Bertz CT molecular complexity index is 1100. The van der Waals surface area contributed by atoms with E-state index in [-0.39, 0.29) is 22.2 Å². The molecule has 28 heavy (non-hydrogen) atoms. The first kappa shape index (κ1) is 18.9. The van der Waals surface area contributed by atoms with E-state index < -0.39 is 15.7 Å². The molecule has 6 nitrogen and oxygen atoms in total. The van der Waals surface area contributed by atoms with Crippen LogP contribution in [0.3, 0.4) is 0 Å². The van der Waals surface area contributed by atoms with Crippen molar-refractivity contribution in [2.45, 2.75) is 36.8 Å². The zero-order valence-corrected chi connectivity index (χ0v) is 17.0. The van der Waals surface area contributed by atoms with E-state index in [0.29, 0.717) is 11.0 Å². The van der Waals surface area contributed by atoms with Crippen LogP contribution in [0, 0.1) is 5.92 Å². The summed E-state index contributed by atoms with van der Waals surface area (Å²) in [7, 11) is -3.53. The van der Waals surface area contributed by atoms with Crippen LogP contribution in [-0.2, 0) is 28.4 Å². The van der Waals surface area contributed by atoms with E-state index in [1.165, 1.54) is 40.5 Å². The van der Waals surface area contributed by atoms with E-state index in [1.54, 1.807) is 18.2 Å². The molecule has 0 saturated carbocycles. The molecule has 1 amide bonds. The standard InChI is InChI=1S/C20H20N2O4S2/c1-13-7-9-16-18(11-13)27-20(21-16)22-19(23)17-10-8-14(26-17)12-28(24,25)15-5-3-2-4-6-15/h2-6,8,10,13H,7,9,11-12H2,1H3,(H,21,22,23). The zero-order chi connectivity index (χ0) is 19.7. The zero-order valence-electron chi connectivity index (χ0n) is 15.3. The highest BCUT2D eigenvalue weighted by Crippen LogP contribution is 2.32. The van der Waals surface area contributed by atoms with Gasteiger partial charge in [-0.3, -0.25) is 10.1 Å². The van der Waals surface area contributed by atoms with Gasteiger partial charge in [-0.2, -0.15) is 0 Å². The maximum atomic E-state index is 12.5. The fraction of sp³-hybridized carbons (Fsp3) is 0.300. The lowest BCUT2D eigenvalue weighted by Crippen LogP contribution is -2.11. The van der Waals surface area contributed by atoms with Gasteiger partial charge in [0.05, 0.1) is 10.6 Å². The molecule has 1 N–H and O–H groups in total. The summed E-state index contributed by atoms with van der Waals surface area (Å²) >= 11 is 1.50. The number of rotatable bonds is 5. The largest absolute Gasteiger partial charge is 0.455 e. The van der Waals surface area contributed by atoms with Gasteiger partial charge in [0.15, 0.2) is 20.7 Å². The van der Waals surface area contributed by atoms with Gasteiger partial charge in [-0.25, -0.2) is 13.4 Å². The molecule has 1 aromatic carbocycles. The Kier molecular flexibility index (Phi) is 5.07. The van der Waals surface area contributed by atoms with Crippen LogP contribution in [0.15, 0.2) is 51.8 Å². The number of anilines is 1. The van der Waals surface area contributed by atoms with Gasteiger partial charge in [0.25, 0.3) is 5.91 Å². The van der Waals surface area contributed by atoms with E-state index in [9.17, 15) is 13.2 Å². The van der Waals surface area contributed by atoms with E-state index in [2.05, 4.69) is 17.2 Å². The first-order valence-corrected chi connectivity index (χ1v) is 11.5. The second-order valence-corrected chi connectivity index (χ2v) is 10.1. The molecular formula is C20H20N2O4S2. The predicted octanol–water partition coefficient (Wildman–Crippen LogP) is 4.09. The smallest absolute Gasteiger partial charge is 0.293 e. The molecule has 0 aliphatic heterocycles. The molecule has 146 valence electrons. The third-order valence-electron chi connectivity index (χ3n) is 4.73. The molecule has 0 radical (unpaired) electrons. The van der Waals surface area contributed by atoms with Crippen molar-refractivity contribution in [3.05, 3.63) is 64.6 Å². The lowest BCUT2D eigenvalue weighted by Gasteiger charge is -2.15. The molecule has 3 aromatic rings. The minimum absolute atomic E-state index is 0.0693. The van der Waals surface area contributed by atoms with E-state index >= 15 is 0 Å². The summed E-state index contributed by atoms with van der Waals surface area (Å²) in [5.74, 6) is 0.201. The summed E-state index contributed by atoms with van der Waals surface area (Å²) in [6.07, 6.45) is 3.04. The number of furan rings is 1. The number of benzene rings is 1. The second-order valence-electron chi connectivity index (χ2n) is 7.03. The van der Waals surface area contributed by atoms with Crippen molar-refractivity contribution in [2.24, 2.45) is 5.92 Å². The van der Waals surface area contributed by atoms with Crippen LogP contribution in [0.4, 0.5) is 5.13 Å². The second kappa shape index (κ2) is 7.52. The molecule has 4 rings (SSSR count). The highest BCUT2D eigenvalue weighted by molar-refractivity contribution is 7.90. The van der Waals surface area contributed by atoms with Crippen LogP contribution >= 0.6 is 11.3 Å². The maximum absolute atomic E-state index is 12.5. The average Bonchev–Trinajstić information content (AvgIpc) is 3.28. The quantitative estimate of drug-likeness (QED) is 0.677. The van der Waals surface area contributed by atoms with E-state index in [1.807, 2.05) is 0 Å². The van der Waals surface area contributed by atoms with Gasteiger partial charge in [0.2, 0.25) is 0 Å². The molecule has 0 spiro atoms. The number of hydrogen-bond acceptors (Lipinski definition) is 6. The van der Waals surface area contributed by atoms with Crippen molar-refractivity contribution in [1.29, 1.82) is 0 Å². The third-order valence-corrected chi connectivity index (χ3v) is 7.42. The predicted molar refractivity (Wildman–Crippen MR) is 107 cm³/mol. The lowest BCUT2D eigenvalue weighted by molar-refractivity contribution is 0.0995. The number of fused-ring (bicyclic) bond motifs is 1. The van der Waals surface area contributed by atoms with Crippen LogP contribution in [0.25, 0.3) is 0 Å². The van der Waals surface area contributed by atoms with Crippen molar-refractivity contribution in [2.75, 3.05) is 5.32 Å². The monoisotopic (exact) mass is 416 g/mol. The Morgan fingerprint density at radius 2 is 2.04 bits per heavy atom. The molecule has 1 aliphatic carbocycles. The first-order valence-electron chi connectivity index (χ1n) is 9.07. The average molecular weight is 417 g/mol. The van der Waals surface area contributed by atoms with Crippen LogP contribution in [-0.4, -0.2) is 19.3 Å². The number of carbonyl (C=O) groups is 1. The topological polar surface area (TPSA) is 89.3 Å². The number of sulfone groups is 1. The van der Waals surface area contributed by atoms with Crippen LogP contribution in [0.5, 0.6) is 0 Å². The summed E-state index contributed by atoms with van der Waals surface area (Å²) in [5.41, 5.74) is 1.06. The number of aromatic nitrogens is 1. The van der Waals surface area contributed by atoms with Gasteiger partial charge in [-0.1, -0.05) is 25.1 Å².